The zero-order valence-corrected chi connectivity index (χ0v) is 12.3. The van der Waals surface area contributed by atoms with Crippen molar-refractivity contribution in [3.05, 3.63) is 52.2 Å². The van der Waals surface area contributed by atoms with Crippen molar-refractivity contribution in [2.24, 2.45) is 5.84 Å². The molecule has 0 spiro atoms. The lowest BCUT2D eigenvalue weighted by Crippen LogP contribution is -2.42. The average Bonchev–Trinajstić information content (AvgIpc) is 3.08. The van der Waals surface area contributed by atoms with Crippen LogP contribution in [-0.2, 0) is 12.8 Å². The molecule has 4 heteroatoms. The van der Waals surface area contributed by atoms with E-state index in [2.05, 4.69) is 46.5 Å². The van der Waals surface area contributed by atoms with Crippen LogP contribution in [0.2, 0.25) is 0 Å². The Morgan fingerprint density at radius 3 is 2.95 bits per heavy atom. The first-order valence-electron chi connectivity index (χ1n) is 6.58. The number of rotatable bonds is 5. The van der Waals surface area contributed by atoms with Crippen LogP contribution in [0.4, 0.5) is 0 Å². The van der Waals surface area contributed by atoms with Crippen molar-refractivity contribution in [2.45, 2.75) is 35.4 Å². The fourth-order valence-corrected chi connectivity index (χ4v) is 4.70. The van der Waals surface area contributed by atoms with E-state index in [-0.39, 0.29) is 0 Å². The number of thioether (sulfide) groups is 1. The summed E-state index contributed by atoms with van der Waals surface area (Å²) >= 11 is 3.73. The van der Waals surface area contributed by atoms with Gasteiger partial charge in [0.05, 0.1) is 0 Å². The van der Waals surface area contributed by atoms with Gasteiger partial charge < -0.3 is 0 Å². The molecule has 0 fully saturated rings. The van der Waals surface area contributed by atoms with Gasteiger partial charge in [-0.15, -0.1) is 11.8 Å². The molecule has 1 aliphatic rings. The number of nitrogens with one attached hydrogen (secondary N) is 1. The molecule has 0 saturated heterocycles. The SMILES string of the molecule is NNC(CCc1ccsc1)C1Cc2ccccc2S1. The molecule has 100 valence electrons. The summed E-state index contributed by atoms with van der Waals surface area (Å²) in [5.41, 5.74) is 5.91. The van der Waals surface area contributed by atoms with Gasteiger partial charge in [-0.3, -0.25) is 11.3 Å². The molecule has 3 rings (SSSR count). The van der Waals surface area contributed by atoms with Crippen molar-refractivity contribution in [2.75, 3.05) is 0 Å². The Labute approximate surface area is 122 Å². The molecular formula is C15H18N2S2. The fourth-order valence-electron chi connectivity index (χ4n) is 2.57. The first-order valence-corrected chi connectivity index (χ1v) is 8.41. The highest BCUT2D eigenvalue weighted by molar-refractivity contribution is 8.00. The predicted octanol–water partition coefficient (Wildman–Crippen LogP) is 3.23. The summed E-state index contributed by atoms with van der Waals surface area (Å²) in [5.74, 6) is 5.77. The normalized spacial score (nSPS) is 19.3. The van der Waals surface area contributed by atoms with Crippen LogP contribution in [0, 0.1) is 0 Å². The molecule has 0 aliphatic carbocycles. The molecular weight excluding hydrogens is 272 g/mol. The summed E-state index contributed by atoms with van der Waals surface area (Å²) in [6, 6.07) is 11.3. The van der Waals surface area contributed by atoms with Gasteiger partial charge in [-0.05, 0) is 53.3 Å². The number of fused-ring (bicyclic) bond motifs is 1. The van der Waals surface area contributed by atoms with E-state index in [4.69, 9.17) is 5.84 Å². The molecule has 1 aromatic heterocycles. The first kappa shape index (κ1) is 13.2. The highest BCUT2D eigenvalue weighted by atomic mass is 32.2. The largest absolute Gasteiger partial charge is 0.271 e. The predicted molar refractivity (Wildman–Crippen MR) is 83.5 cm³/mol. The second-order valence-corrected chi connectivity index (χ2v) is 6.97. The van der Waals surface area contributed by atoms with Crippen molar-refractivity contribution in [1.29, 1.82) is 0 Å². The number of benzene rings is 1. The summed E-state index contributed by atoms with van der Waals surface area (Å²) < 4.78 is 0. The number of nitrogens with two attached hydrogens (primary N) is 1. The van der Waals surface area contributed by atoms with E-state index in [1.54, 1.807) is 11.3 Å². The van der Waals surface area contributed by atoms with Gasteiger partial charge in [0.25, 0.3) is 0 Å². The summed E-state index contributed by atoms with van der Waals surface area (Å²) in [4.78, 5) is 1.42. The van der Waals surface area contributed by atoms with Crippen LogP contribution in [0.15, 0.2) is 46.0 Å². The Bertz CT molecular complexity index is 500. The third-order valence-electron chi connectivity index (χ3n) is 3.66. The molecule has 2 heterocycles. The quantitative estimate of drug-likeness (QED) is 0.656. The molecule has 0 radical (unpaired) electrons. The van der Waals surface area contributed by atoms with Crippen molar-refractivity contribution in [1.82, 2.24) is 5.43 Å². The number of thiophene rings is 1. The molecule has 1 aromatic carbocycles. The van der Waals surface area contributed by atoms with Gasteiger partial charge in [-0.25, -0.2) is 0 Å². The minimum atomic E-state index is 0.373. The maximum absolute atomic E-state index is 5.77. The molecule has 19 heavy (non-hydrogen) atoms. The molecule has 1 aliphatic heterocycles. The van der Waals surface area contributed by atoms with E-state index in [1.807, 2.05) is 11.8 Å². The first-order chi connectivity index (χ1) is 9.36. The van der Waals surface area contributed by atoms with Crippen molar-refractivity contribution >= 4 is 23.1 Å². The highest BCUT2D eigenvalue weighted by Crippen LogP contribution is 2.38. The van der Waals surface area contributed by atoms with E-state index in [0.29, 0.717) is 11.3 Å². The average molecular weight is 290 g/mol. The second kappa shape index (κ2) is 6.09. The fraction of sp³-hybridized carbons (Fsp3) is 0.333. The van der Waals surface area contributed by atoms with E-state index in [9.17, 15) is 0 Å². The summed E-state index contributed by atoms with van der Waals surface area (Å²) in [7, 11) is 0. The Balaban J connectivity index is 1.61. The summed E-state index contributed by atoms with van der Waals surface area (Å²) in [5, 5.41) is 4.92. The second-order valence-electron chi connectivity index (χ2n) is 4.91. The lowest BCUT2D eigenvalue weighted by Gasteiger charge is -2.21. The van der Waals surface area contributed by atoms with Crippen molar-refractivity contribution in [3.63, 3.8) is 0 Å². The van der Waals surface area contributed by atoms with E-state index in [1.165, 1.54) is 16.0 Å². The molecule has 2 nitrogen and oxygen atoms in total. The number of hydrogen-bond acceptors (Lipinski definition) is 4. The van der Waals surface area contributed by atoms with Gasteiger partial charge in [-0.2, -0.15) is 11.3 Å². The van der Waals surface area contributed by atoms with Crippen molar-refractivity contribution < 1.29 is 0 Å². The van der Waals surface area contributed by atoms with E-state index < -0.39 is 0 Å². The Morgan fingerprint density at radius 1 is 1.32 bits per heavy atom. The van der Waals surface area contributed by atoms with Gasteiger partial charge >= 0.3 is 0 Å². The van der Waals surface area contributed by atoms with Crippen LogP contribution < -0.4 is 11.3 Å². The maximum atomic E-state index is 5.77. The van der Waals surface area contributed by atoms with Crippen molar-refractivity contribution in [3.8, 4) is 0 Å². The molecule has 0 bridgehead atoms. The smallest absolute Gasteiger partial charge is 0.0339 e. The molecule has 0 amide bonds. The zero-order valence-electron chi connectivity index (χ0n) is 10.7. The Kier molecular flexibility index (Phi) is 4.23. The Hall–Kier alpha value is -0.810. The molecule has 2 unspecified atom stereocenters. The van der Waals surface area contributed by atoms with E-state index >= 15 is 0 Å². The lowest BCUT2D eigenvalue weighted by atomic mass is 10.0. The van der Waals surface area contributed by atoms with Gasteiger partial charge in [-0.1, -0.05) is 18.2 Å². The van der Waals surface area contributed by atoms with Crippen LogP contribution in [-0.4, -0.2) is 11.3 Å². The Morgan fingerprint density at radius 2 is 2.21 bits per heavy atom. The summed E-state index contributed by atoms with van der Waals surface area (Å²) in [6.07, 6.45) is 3.32. The third-order valence-corrected chi connectivity index (χ3v) is 5.84. The topological polar surface area (TPSA) is 38.0 Å². The minimum absolute atomic E-state index is 0.373. The third kappa shape index (κ3) is 3.03. The van der Waals surface area contributed by atoms with Gasteiger partial charge in [0.2, 0.25) is 0 Å². The maximum Gasteiger partial charge on any atom is 0.0339 e. The van der Waals surface area contributed by atoms with Crippen LogP contribution >= 0.6 is 23.1 Å². The number of aryl methyl sites for hydroxylation is 1. The monoisotopic (exact) mass is 290 g/mol. The standard InChI is InChI=1S/C15H18N2S2/c16-17-13(6-5-11-7-8-18-10-11)15-9-12-3-1-2-4-14(12)19-15/h1-4,7-8,10,13,15,17H,5-6,9,16H2. The minimum Gasteiger partial charge on any atom is -0.271 e. The number of hydrogen-bond donors (Lipinski definition) is 2. The molecule has 0 saturated carbocycles. The highest BCUT2D eigenvalue weighted by Gasteiger charge is 2.28. The number of hydrazine groups is 1. The van der Waals surface area contributed by atoms with Crippen LogP contribution in [0.1, 0.15) is 17.5 Å². The summed E-state index contributed by atoms with van der Waals surface area (Å²) in [6.45, 7) is 0. The van der Waals surface area contributed by atoms with Crippen LogP contribution in [0.5, 0.6) is 0 Å². The zero-order chi connectivity index (χ0) is 13.1. The van der Waals surface area contributed by atoms with Gasteiger partial charge in [0.15, 0.2) is 0 Å². The molecule has 2 atom stereocenters. The van der Waals surface area contributed by atoms with Gasteiger partial charge in [0, 0.05) is 16.2 Å². The van der Waals surface area contributed by atoms with Crippen LogP contribution in [0.25, 0.3) is 0 Å². The van der Waals surface area contributed by atoms with E-state index in [0.717, 1.165) is 19.3 Å². The van der Waals surface area contributed by atoms with Gasteiger partial charge in [0.1, 0.15) is 0 Å². The molecule has 2 aromatic rings. The lowest BCUT2D eigenvalue weighted by molar-refractivity contribution is 0.478. The van der Waals surface area contributed by atoms with Crippen LogP contribution in [0.3, 0.4) is 0 Å². The molecule has 3 N–H and O–H groups in total.